The van der Waals surface area contributed by atoms with Crippen molar-refractivity contribution in [1.29, 1.82) is 0 Å². The zero-order valence-corrected chi connectivity index (χ0v) is 18.3. The summed E-state index contributed by atoms with van der Waals surface area (Å²) in [5.41, 5.74) is 0.188. The van der Waals surface area contributed by atoms with Gasteiger partial charge in [-0.15, -0.1) is 0 Å². The fourth-order valence-electron chi connectivity index (χ4n) is 3.30. The molecule has 0 aliphatic carbocycles. The van der Waals surface area contributed by atoms with Gasteiger partial charge < -0.3 is 10.1 Å². The molecule has 0 fully saturated rings. The minimum absolute atomic E-state index is 0.0403. The number of hydrogen-bond donors (Lipinski definition) is 3. The number of benzene rings is 2. The predicted octanol–water partition coefficient (Wildman–Crippen LogP) is 4.13. The number of aromatic nitrogens is 2. The molecule has 0 atom stereocenters. The van der Waals surface area contributed by atoms with E-state index in [9.17, 15) is 17.6 Å². The van der Waals surface area contributed by atoms with E-state index in [4.69, 9.17) is 16.7 Å². The highest BCUT2D eigenvalue weighted by atomic mass is 35.5. The molecule has 170 valence electrons. The minimum atomic E-state index is -4.09. The molecule has 0 unspecified atom stereocenters. The Hall–Kier alpha value is -3.34. The van der Waals surface area contributed by atoms with Crippen LogP contribution >= 0.6 is 11.6 Å². The number of anilines is 1. The van der Waals surface area contributed by atoms with Gasteiger partial charge in [0.15, 0.2) is 5.82 Å². The number of sulfonamides is 1. The molecule has 33 heavy (non-hydrogen) atoms. The number of fused-ring (bicyclic) bond motifs is 1. The van der Waals surface area contributed by atoms with Gasteiger partial charge in [-0.1, -0.05) is 23.7 Å². The maximum absolute atomic E-state index is 15.0. The number of pyridine rings is 1. The molecule has 2 heterocycles. The Morgan fingerprint density at radius 2 is 1.85 bits per heavy atom. The van der Waals surface area contributed by atoms with E-state index in [-0.39, 0.29) is 5.56 Å². The van der Waals surface area contributed by atoms with Crippen LogP contribution in [0.4, 0.5) is 14.5 Å². The van der Waals surface area contributed by atoms with Gasteiger partial charge in [-0.05, 0) is 35.9 Å². The van der Waals surface area contributed by atoms with Gasteiger partial charge in [-0.25, -0.2) is 22.2 Å². The summed E-state index contributed by atoms with van der Waals surface area (Å²) < 4.78 is 55.2. The molecular formula is C22H16ClF2N3O4S. The highest BCUT2D eigenvalue weighted by Gasteiger charge is 2.26. The Bertz CT molecular complexity index is 1470. The van der Waals surface area contributed by atoms with E-state index in [0.717, 1.165) is 17.7 Å². The normalized spacial score (nSPS) is 11.6. The summed E-state index contributed by atoms with van der Waals surface area (Å²) in [5.74, 6) is -4.19. The third-order valence-electron chi connectivity index (χ3n) is 4.90. The van der Waals surface area contributed by atoms with Crippen molar-refractivity contribution < 1.29 is 27.1 Å². The molecule has 0 saturated heterocycles. The van der Waals surface area contributed by atoms with E-state index < -0.39 is 51.1 Å². The first-order valence-corrected chi connectivity index (χ1v) is 11.6. The van der Waals surface area contributed by atoms with Crippen molar-refractivity contribution in [1.82, 2.24) is 9.97 Å². The van der Waals surface area contributed by atoms with Crippen molar-refractivity contribution in [2.24, 2.45) is 0 Å². The topological polar surface area (TPSA) is 112 Å². The quantitative estimate of drug-likeness (QED) is 0.337. The van der Waals surface area contributed by atoms with Gasteiger partial charge in [0, 0.05) is 33.9 Å². The fourth-order valence-corrected chi connectivity index (χ4v) is 4.27. The van der Waals surface area contributed by atoms with Crippen molar-refractivity contribution in [2.45, 2.75) is 0 Å². The smallest absolute Gasteiger partial charge is 0.235 e. The number of nitrogens with zero attached hydrogens (tertiary/aromatic N) is 1. The van der Waals surface area contributed by atoms with Gasteiger partial charge in [-0.2, -0.15) is 0 Å². The number of aliphatic hydroxyl groups is 1. The summed E-state index contributed by atoms with van der Waals surface area (Å²) in [4.78, 5) is 20.2. The first-order valence-electron chi connectivity index (χ1n) is 9.57. The summed E-state index contributed by atoms with van der Waals surface area (Å²) in [6, 6.07) is 10.2. The molecular weight excluding hydrogens is 476 g/mol. The van der Waals surface area contributed by atoms with E-state index in [1.54, 1.807) is 36.5 Å². The van der Waals surface area contributed by atoms with Crippen molar-refractivity contribution in [3.63, 3.8) is 0 Å². The number of rotatable bonds is 7. The van der Waals surface area contributed by atoms with Crippen molar-refractivity contribution in [2.75, 3.05) is 17.1 Å². The Morgan fingerprint density at radius 3 is 2.55 bits per heavy atom. The van der Waals surface area contributed by atoms with Crippen molar-refractivity contribution >= 4 is 44.1 Å². The maximum Gasteiger partial charge on any atom is 0.235 e. The number of H-pyrrole nitrogens is 1. The van der Waals surface area contributed by atoms with Crippen LogP contribution in [0.15, 0.2) is 54.9 Å². The second-order valence-electron chi connectivity index (χ2n) is 7.09. The summed E-state index contributed by atoms with van der Waals surface area (Å²) in [7, 11) is -4.09. The Kier molecular flexibility index (Phi) is 6.15. The number of aromatic amines is 1. The minimum Gasteiger partial charge on any atom is -0.395 e. The lowest BCUT2D eigenvalue weighted by molar-refractivity contribution is 0.103. The maximum atomic E-state index is 15.0. The molecule has 0 radical (unpaired) electrons. The monoisotopic (exact) mass is 491 g/mol. The van der Waals surface area contributed by atoms with E-state index in [1.807, 2.05) is 4.72 Å². The van der Waals surface area contributed by atoms with Gasteiger partial charge in [0.25, 0.3) is 0 Å². The lowest BCUT2D eigenvalue weighted by atomic mass is 10.00. The van der Waals surface area contributed by atoms with Crippen LogP contribution in [0.2, 0.25) is 5.02 Å². The first kappa shape index (κ1) is 22.8. The average molecular weight is 492 g/mol. The number of hydrogen-bond acceptors (Lipinski definition) is 5. The molecule has 11 heteroatoms. The molecule has 0 aliphatic heterocycles. The number of carbonyl (C=O) groups is 1. The standard InChI is InChI=1S/C22H16ClF2N3O4S/c23-14-3-1-12(2-4-14)13-9-15-16(11-27-22(15)26-10-13)21(30)19-17(24)5-6-18(20(19)25)28-33(31,32)8-7-29/h1-6,9-11,28-29H,7-8H2,(H,26,27). The summed E-state index contributed by atoms with van der Waals surface area (Å²) in [5, 5.41) is 9.72. The second kappa shape index (κ2) is 8.89. The van der Waals surface area contributed by atoms with Gasteiger partial charge in [0.05, 0.1) is 23.6 Å². The zero-order valence-electron chi connectivity index (χ0n) is 16.8. The highest BCUT2D eigenvalue weighted by Crippen LogP contribution is 2.30. The van der Waals surface area contributed by atoms with E-state index in [0.29, 0.717) is 21.6 Å². The van der Waals surface area contributed by atoms with Crippen LogP contribution in [0.3, 0.4) is 0 Å². The number of nitrogens with one attached hydrogen (secondary N) is 2. The molecule has 0 bridgehead atoms. The Morgan fingerprint density at radius 1 is 1.12 bits per heavy atom. The van der Waals surface area contributed by atoms with Gasteiger partial charge in [0.2, 0.25) is 15.8 Å². The average Bonchev–Trinajstić information content (AvgIpc) is 3.19. The SMILES string of the molecule is O=C(c1c(F)ccc(NS(=O)(=O)CCO)c1F)c1c[nH]c2ncc(-c3ccc(Cl)cc3)cc12. The molecule has 0 aliphatic rings. The van der Waals surface area contributed by atoms with Crippen LogP contribution in [0.1, 0.15) is 15.9 Å². The van der Waals surface area contributed by atoms with Crippen LogP contribution in [0, 0.1) is 11.6 Å². The van der Waals surface area contributed by atoms with Crippen LogP contribution in [-0.2, 0) is 10.0 Å². The van der Waals surface area contributed by atoms with E-state index in [2.05, 4.69) is 9.97 Å². The van der Waals surface area contributed by atoms with Crippen LogP contribution < -0.4 is 4.72 Å². The summed E-state index contributed by atoms with van der Waals surface area (Å²) >= 11 is 5.92. The third kappa shape index (κ3) is 4.58. The van der Waals surface area contributed by atoms with Gasteiger partial charge in [0.1, 0.15) is 11.5 Å². The molecule has 2 aromatic carbocycles. The number of aliphatic hydroxyl groups excluding tert-OH is 1. The Labute approximate surface area is 192 Å². The van der Waals surface area contributed by atoms with Crippen LogP contribution in [-0.4, -0.2) is 41.6 Å². The van der Waals surface area contributed by atoms with Crippen molar-refractivity contribution in [3.05, 3.63) is 82.6 Å². The summed E-state index contributed by atoms with van der Waals surface area (Å²) in [6.45, 7) is -0.692. The number of carbonyl (C=O) groups excluding carboxylic acids is 1. The van der Waals surface area contributed by atoms with E-state index >= 15 is 4.39 Å². The largest absolute Gasteiger partial charge is 0.395 e. The van der Waals surface area contributed by atoms with Crippen molar-refractivity contribution in [3.8, 4) is 11.1 Å². The second-order valence-corrected chi connectivity index (χ2v) is 9.37. The molecule has 2 aromatic heterocycles. The molecule has 3 N–H and O–H groups in total. The molecule has 0 amide bonds. The predicted molar refractivity (Wildman–Crippen MR) is 121 cm³/mol. The molecule has 7 nitrogen and oxygen atoms in total. The number of halogens is 3. The lowest BCUT2D eigenvalue weighted by Crippen LogP contribution is -2.20. The van der Waals surface area contributed by atoms with Gasteiger partial charge >= 0.3 is 0 Å². The molecule has 4 aromatic rings. The Balaban J connectivity index is 1.78. The molecule has 4 rings (SSSR count). The van der Waals surface area contributed by atoms with Gasteiger partial charge in [-0.3, -0.25) is 9.52 Å². The lowest BCUT2D eigenvalue weighted by Gasteiger charge is -2.11. The van der Waals surface area contributed by atoms with E-state index in [1.165, 1.54) is 6.20 Å². The van der Waals surface area contributed by atoms with Crippen LogP contribution in [0.5, 0.6) is 0 Å². The van der Waals surface area contributed by atoms with Crippen LogP contribution in [0.25, 0.3) is 22.2 Å². The highest BCUT2D eigenvalue weighted by molar-refractivity contribution is 7.92. The zero-order chi connectivity index (χ0) is 23.8. The molecule has 0 saturated carbocycles. The first-order chi connectivity index (χ1) is 15.7. The fraction of sp³-hybridized carbons (Fsp3) is 0.0909. The third-order valence-corrected chi connectivity index (χ3v) is 6.40. The molecule has 0 spiro atoms. The summed E-state index contributed by atoms with van der Waals surface area (Å²) in [6.07, 6.45) is 2.86. The number of ketones is 1.